The topological polar surface area (TPSA) is 50.7 Å². The molecule has 0 aromatic rings. The second kappa shape index (κ2) is 5.48. The van der Waals surface area contributed by atoms with Crippen molar-refractivity contribution in [3.63, 3.8) is 0 Å². The summed E-state index contributed by atoms with van der Waals surface area (Å²) >= 11 is 0. The van der Waals surface area contributed by atoms with E-state index in [4.69, 9.17) is 4.74 Å². The molecule has 4 heteroatoms. The predicted molar refractivity (Wildman–Crippen MR) is 68.4 cm³/mol. The van der Waals surface area contributed by atoms with Gasteiger partial charge in [0, 0.05) is 12.3 Å². The Hall–Kier alpha value is -1.84. The number of aliphatic imine (C=N–C) groups is 1. The molecule has 0 radical (unpaired) electrons. The summed E-state index contributed by atoms with van der Waals surface area (Å²) in [4.78, 5) is 15.3. The van der Waals surface area contributed by atoms with E-state index in [0.29, 0.717) is 12.2 Å². The Morgan fingerprint density at radius 2 is 2.29 bits per heavy atom. The van der Waals surface area contributed by atoms with Gasteiger partial charge in [-0.05, 0) is 37.8 Å². The Morgan fingerprint density at radius 3 is 2.82 bits per heavy atom. The highest BCUT2D eigenvalue weighted by atomic mass is 16.5. The fraction of sp³-hybridized carbons (Fsp3) is 0.385. The molecule has 0 aliphatic carbocycles. The number of hydrogen-bond donors (Lipinski definition) is 1. The van der Waals surface area contributed by atoms with E-state index in [-0.39, 0.29) is 11.8 Å². The van der Waals surface area contributed by atoms with Gasteiger partial charge in [0.15, 0.2) is 0 Å². The first-order valence-corrected chi connectivity index (χ1v) is 5.38. The average Bonchev–Trinajstić information content (AvgIpc) is 2.31. The molecule has 1 unspecified atom stereocenters. The molecule has 1 heterocycles. The second-order valence-electron chi connectivity index (χ2n) is 4.03. The maximum atomic E-state index is 11.5. The van der Waals surface area contributed by atoms with Crippen LogP contribution in [0.1, 0.15) is 20.3 Å². The molecule has 1 aliphatic rings. The molecule has 92 valence electrons. The molecule has 1 amide bonds. The normalized spacial score (nSPS) is 21.0. The van der Waals surface area contributed by atoms with Crippen LogP contribution in [-0.2, 0) is 9.53 Å². The summed E-state index contributed by atoms with van der Waals surface area (Å²) in [6, 6.07) is 0. The fourth-order valence-electron chi connectivity index (χ4n) is 1.78. The van der Waals surface area contributed by atoms with Crippen molar-refractivity contribution < 1.29 is 9.53 Å². The largest absolute Gasteiger partial charge is 0.501 e. The summed E-state index contributed by atoms with van der Waals surface area (Å²) in [5.41, 5.74) is 1.82. The van der Waals surface area contributed by atoms with Crippen LogP contribution in [0, 0.1) is 5.92 Å². The molecule has 0 spiro atoms. The third kappa shape index (κ3) is 3.06. The lowest BCUT2D eigenvalue weighted by Gasteiger charge is -2.25. The van der Waals surface area contributed by atoms with E-state index >= 15 is 0 Å². The number of nitrogens with one attached hydrogen (secondary N) is 1. The molecule has 0 aromatic heterocycles. The molecule has 0 bridgehead atoms. The third-order valence-corrected chi connectivity index (χ3v) is 2.86. The molecule has 1 atom stereocenters. The van der Waals surface area contributed by atoms with Crippen molar-refractivity contribution in [2.24, 2.45) is 10.9 Å². The second-order valence-corrected chi connectivity index (χ2v) is 4.03. The number of carbonyl (C=O) groups excluding carboxylic acids is 1. The third-order valence-electron chi connectivity index (χ3n) is 2.86. The predicted octanol–water partition coefficient (Wildman–Crippen LogP) is 2.16. The van der Waals surface area contributed by atoms with Crippen LogP contribution in [0.15, 0.2) is 40.4 Å². The van der Waals surface area contributed by atoms with Crippen LogP contribution in [0.4, 0.5) is 0 Å². The highest BCUT2D eigenvalue weighted by Crippen LogP contribution is 2.29. The first-order chi connectivity index (χ1) is 7.99. The average molecular weight is 234 g/mol. The maximum absolute atomic E-state index is 11.5. The Balaban J connectivity index is 3.01. The molecule has 4 nitrogen and oxygen atoms in total. The fourth-order valence-corrected chi connectivity index (χ4v) is 1.78. The quantitative estimate of drug-likeness (QED) is 0.460. The number of hydrogen-bond acceptors (Lipinski definition) is 3. The number of carbonyl (C=O) groups is 1. The lowest BCUT2D eigenvalue weighted by atomic mass is 9.87. The zero-order valence-corrected chi connectivity index (χ0v) is 10.5. The van der Waals surface area contributed by atoms with Crippen molar-refractivity contribution in [1.29, 1.82) is 0 Å². The number of methoxy groups -OCH3 is 1. The van der Waals surface area contributed by atoms with E-state index in [1.54, 1.807) is 7.11 Å². The van der Waals surface area contributed by atoms with Gasteiger partial charge >= 0.3 is 0 Å². The first kappa shape index (κ1) is 13.2. The van der Waals surface area contributed by atoms with Gasteiger partial charge in [-0.2, -0.15) is 0 Å². The lowest BCUT2D eigenvalue weighted by molar-refractivity contribution is -0.121. The number of nitrogens with zero attached hydrogens (tertiary/aromatic N) is 1. The Labute approximate surface area is 102 Å². The van der Waals surface area contributed by atoms with Crippen molar-refractivity contribution in [3.05, 3.63) is 35.4 Å². The molecule has 0 saturated heterocycles. The minimum atomic E-state index is -0.0624. The molecular weight excluding hydrogens is 216 g/mol. The summed E-state index contributed by atoms with van der Waals surface area (Å²) in [6.07, 6.45) is 2.23. The minimum absolute atomic E-state index is 0.0330. The summed E-state index contributed by atoms with van der Waals surface area (Å²) in [6.45, 7) is 11.2. The van der Waals surface area contributed by atoms with E-state index in [0.717, 1.165) is 16.9 Å². The van der Waals surface area contributed by atoms with Crippen molar-refractivity contribution in [2.75, 3.05) is 7.11 Å². The van der Waals surface area contributed by atoms with E-state index in [9.17, 15) is 4.79 Å². The van der Waals surface area contributed by atoms with Gasteiger partial charge in [0.1, 0.15) is 5.82 Å². The molecule has 17 heavy (non-hydrogen) atoms. The number of ether oxygens (including phenoxy) is 1. The van der Waals surface area contributed by atoms with Crippen LogP contribution >= 0.6 is 0 Å². The summed E-state index contributed by atoms with van der Waals surface area (Å²) < 4.78 is 5.07. The van der Waals surface area contributed by atoms with Crippen molar-refractivity contribution in [1.82, 2.24) is 5.32 Å². The van der Waals surface area contributed by atoms with Crippen LogP contribution < -0.4 is 5.32 Å². The van der Waals surface area contributed by atoms with Gasteiger partial charge in [-0.3, -0.25) is 4.79 Å². The molecule has 1 N–H and O–H groups in total. The van der Waals surface area contributed by atoms with Gasteiger partial charge in [-0.15, -0.1) is 0 Å². The van der Waals surface area contributed by atoms with Gasteiger partial charge < -0.3 is 10.1 Å². The van der Waals surface area contributed by atoms with Gasteiger partial charge in [-0.25, -0.2) is 4.99 Å². The molecule has 1 aliphatic heterocycles. The highest BCUT2D eigenvalue weighted by molar-refractivity contribution is 5.81. The zero-order valence-electron chi connectivity index (χ0n) is 10.5. The van der Waals surface area contributed by atoms with Crippen LogP contribution in [0.5, 0.6) is 0 Å². The minimum Gasteiger partial charge on any atom is -0.501 e. The van der Waals surface area contributed by atoms with Gasteiger partial charge in [-0.1, -0.05) is 6.58 Å². The van der Waals surface area contributed by atoms with Gasteiger partial charge in [0.25, 0.3) is 0 Å². The molecular formula is C13H18N2O2. The van der Waals surface area contributed by atoms with Crippen LogP contribution in [0.2, 0.25) is 0 Å². The van der Waals surface area contributed by atoms with E-state index in [2.05, 4.69) is 23.6 Å². The van der Waals surface area contributed by atoms with Crippen molar-refractivity contribution in [3.8, 4) is 0 Å². The summed E-state index contributed by atoms with van der Waals surface area (Å²) in [5.74, 6) is 1.21. The van der Waals surface area contributed by atoms with E-state index in [1.807, 2.05) is 19.9 Å². The van der Waals surface area contributed by atoms with Crippen LogP contribution in [0.25, 0.3) is 0 Å². The molecule has 0 fully saturated rings. The van der Waals surface area contributed by atoms with E-state index in [1.165, 1.54) is 0 Å². The zero-order chi connectivity index (χ0) is 13.0. The first-order valence-electron chi connectivity index (χ1n) is 5.38. The van der Waals surface area contributed by atoms with Gasteiger partial charge in [0.05, 0.1) is 12.9 Å². The monoisotopic (exact) mass is 234 g/mol. The number of amides is 1. The Kier molecular flexibility index (Phi) is 4.26. The maximum Gasteiger partial charge on any atom is 0.226 e. The summed E-state index contributed by atoms with van der Waals surface area (Å²) in [5, 5.41) is 2.69. The van der Waals surface area contributed by atoms with Crippen molar-refractivity contribution in [2.45, 2.75) is 20.3 Å². The Bertz CT molecular complexity index is 419. The van der Waals surface area contributed by atoms with Crippen LogP contribution in [0.3, 0.4) is 0 Å². The summed E-state index contributed by atoms with van der Waals surface area (Å²) in [7, 11) is 1.60. The molecule has 0 saturated carbocycles. The van der Waals surface area contributed by atoms with Gasteiger partial charge in [0.2, 0.25) is 5.91 Å². The lowest BCUT2D eigenvalue weighted by Crippen LogP contribution is -2.32. The number of allylic oxidation sites excluding steroid dienone is 4. The highest BCUT2D eigenvalue weighted by Gasteiger charge is 2.25. The van der Waals surface area contributed by atoms with Crippen LogP contribution in [-0.4, -0.2) is 19.7 Å². The Morgan fingerprint density at radius 1 is 1.65 bits per heavy atom. The number of rotatable bonds is 4. The SMILES string of the molecule is C=NC1=C(C)C(C(=C)C=C(C)OC)CC(=O)N1. The smallest absolute Gasteiger partial charge is 0.226 e. The van der Waals surface area contributed by atoms with Crippen molar-refractivity contribution >= 4 is 12.6 Å². The standard InChI is InChI=1S/C13H18N2O2/c1-8(6-9(2)17-5)11-7-12(16)15-13(14-4)10(11)3/h6,11H,1,4,7H2,2-3,5H3,(H,15,16). The van der Waals surface area contributed by atoms with E-state index < -0.39 is 0 Å². The molecule has 0 aromatic carbocycles. The molecule has 1 rings (SSSR count).